The van der Waals surface area contributed by atoms with E-state index in [1.807, 2.05) is 6.07 Å². The average Bonchev–Trinajstić information content (AvgIpc) is 2.40. The summed E-state index contributed by atoms with van der Waals surface area (Å²) in [5.41, 5.74) is 5.22. The largest absolute Gasteiger partial charge is 0.381 e. The van der Waals surface area contributed by atoms with E-state index in [2.05, 4.69) is 43.4 Å². The Hall–Kier alpha value is -1.98. The van der Waals surface area contributed by atoms with E-state index in [4.69, 9.17) is 16.9 Å². The Morgan fingerprint density at radius 1 is 1.16 bits per heavy atom. The van der Waals surface area contributed by atoms with Gasteiger partial charge in [-0.05, 0) is 48.7 Å². The third-order valence-electron chi connectivity index (χ3n) is 3.20. The van der Waals surface area contributed by atoms with Crippen LogP contribution in [0.15, 0.2) is 36.4 Å². The summed E-state index contributed by atoms with van der Waals surface area (Å²) in [4.78, 5) is 0. The molecule has 0 atom stereocenters. The van der Waals surface area contributed by atoms with Crippen LogP contribution in [0.5, 0.6) is 0 Å². The van der Waals surface area contributed by atoms with Crippen LogP contribution in [0.25, 0.3) is 0 Å². The molecule has 1 N–H and O–H groups in total. The quantitative estimate of drug-likeness (QED) is 0.895. The van der Waals surface area contributed by atoms with Crippen LogP contribution in [-0.2, 0) is 6.54 Å². The van der Waals surface area contributed by atoms with Crippen LogP contribution in [0.3, 0.4) is 0 Å². The van der Waals surface area contributed by atoms with E-state index < -0.39 is 0 Å². The Morgan fingerprint density at radius 2 is 1.84 bits per heavy atom. The minimum absolute atomic E-state index is 0.486. The molecular weight excluding hydrogens is 256 g/mol. The first-order valence-corrected chi connectivity index (χ1v) is 6.48. The average molecular weight is 271 g/mol. The molecular formula is C16H15ClN2. The zero-order chi connectivity index (χ0) is 13.8. The normalized spacial score (nSPS) is 10.0. The third kappa shape index (κ3) is 3.07. The highest BCUT2D eigenvalue weighted by Gasteiger charge is 2.04. The molecule has 0 saturated heterocycles. The van der Waals surface area contributed by atoms with Crippen LogP contribution >= 0.6 is 11.6 Å². The molecule has 2 aromatic rings. The monoisotopic (exact) mass is 270 g/mol. The van der Waals surface area contributed by atoms with Gasteiger partial charge in [0.1, 0.15) is 6.07 Å². The molecule has 0 unspecified atom stereocenters. The number of hydrogen-bond acceptors (Lipinski definition) is 2. The van der Waals surface area contributed by atoms with E-state index in [0.717, 1.165) is 12.2 Å². The molecule has 19 heavy (non-hydrogen) atoms. The second-order valence-corrected chi connectivity index (χ2v) is 4.94. The maximum Gasteiger partial charge on any atom is 0.101 e. The fourth-order valence-corrected chi connectivity index (χ4v) is 2.20. The molecule has 2 aromatic carbocycles. The molecule has 0 aromatic heterocycles. The van der Waals surface area contributed by atoms with Gasteiger partial charge in [-0.1, -0.05) is 29.8 Å². The third-order valence-corrected chi connectivity index (χ3v) is 3.53. The molecule has 2 nitrogen and oxygen atoms in total. The summed E-state index contributed by atoms with van der Waals surface area (Å²) in [6, 6.07) is 13.8. The zero-order valence-corrected chi connectivity index (χ0v) is 11.8. The lowest BCUT2D eigenvalue weighted by Crippen LogP contribution is -2.03. The maximum absolute atomic E-state index is 8.95. The van der Waals surface area contributed by atoms with Gasteiger partial charge in [0.05, 0.1) is 10.6 Å². The summed E-state index contributed by atoms with van der Waals surface area (Å²) in [6.45, 7) is 4.95. The molecule has 0 fully saturated rings. The first-order chi connectivity index (χ1) is 9.11. The van der Waals surface area contributed by atoms with Crippen LogP contribution in [0.1, 0.15) is 22.3 Å². The lowest BCUT2D eigenvalue weighted by Gasteiger charge is -2.12. The minimum atomic E-state index is 0.486. The number of benzene rings is 2. The highest BCUT2D eigenvalue weighted by atomic mass is 35.5. The van der Waals surface area contributed by atoms with E-state index >= 15 is 0 Å². The van der Waals surface area contributed by atoms with Gasteiger partial charge in [0.15, 0.2) is 0 Å². The zero-order valence-electron chi connectivity index (χ0n) is 11.0. The Labute approximate surface area is 118 Å². The topological polar surface area (TPSA) is 35.8 Å². The van der Waals surface area contributed by atoms with Gasteiger partial charge in [-0.15, -0.1) is 0 Å². The van der Waals surface area contributed by atoms with Gasteiger partial charge in [-0.2, -0.15) is 5.26 Å². The molecule has 0 bridgehead atoms. The van der Waals surface area contributed by atoms with Crippen LogP contribution < -0.4 is 5.32 Å². The Kier molecular flexibility index (Phi) is 4.09. The van der Waals surface area contributed by atoms with Crippen molar-refractivity contribution in [2.45, 2.75) is 20.4 Å². The van der Waals surface area contributed by atoms with Gasteiger partial charge in [0, 0.05) is 12.2 Å². The first-order valence-electron chi connectivity index (χ1n) is 6.10. The summed E-state index contributed by atoms with van der Waals surface area (Å²) in [7, 11) is 0. The number of nitriles is 1. The van der Waals surface area contributed by atoms with E-state index in [1.165, 1.54) is 16.7 Å². The first kappa shape index (κ1) is 13.5. The smallest absolute Gasteiger partial charge is 0.101 e. The van der Waals surface area contributed by atoms with Crippen LogP contribution in [0.2, 0.25) is 5.02 Å². The standard InChI is InChI=1S/C16H15ClN2/c1-11-4-3-5-12(2)15(11)10-19-14-6-7-16(17)13(8-14)9-18/h3-8,19H,10H2,1-2H3. The van der Waals surface area contributed by atoms with E-state index in [-0.39, 0.29) is 0 Å². The van der Waals surface area contributed by atoms with Crippen molar-refractivity contribution >= 4 is 17.3 Å². The van der Waals surface area contributed by atoms with Crippen LogP contribution in [0, 0.1) is 25.2 Å². The van der Waals surface area contributed by atoms with Gasteiger partial charge in [0.2, 0.25) is 0 Å². The molecule has 0 aliphatic rings. The van der Waals surface area contributed by atoms with Crippen molar-refractivity contribution in [3.05, 3.63) is 63.7 Å². The Morgan fingerprint density at radius 3 is 2.47 bits per heavy atom. The lowest BCUT2D eigenvalue weighted by atomic mass is 10.0. The number of rotatable bonds is 3. The van der Waals surface area contributed by atoms with Gasteiger partial charge in [0.25, 0.3) is 0 Å². The molecule has 0 aliphatic carbocycles. The van der Waals surface area contributed by atoms with Gasteiger partial charge < -0.3 is 5.32 Å². The summed E-state index contributed by atoms with van der Waals surface area (Å²) >= 11 is 5.91. The van der Waals surface area contributed by atoms with Gasteiger partial charge in [-0.25, -0.2) is 0 Å². The molecule has 0 aliphatic heterocycles. The predicted molar refractivity (Wildman–Crippen MR) is 79.4 cm³/mol. The van der Waals surface area contributed by atoms with Crippen molar-refractivity contribution in [2.24, 2.45) is 0 Å². The summed E-state index contributed by atoms with van der Waals surface area (Å²) in [5, 5.41) is 12.8. The predicted octanol–water partition coefficient (Wildman–Crippen LogP) is 4.44. The molecule has 96 valence electrons. The maximum atomic E-state index is 8.95. The van der Waals surface area contributed by atoms with Crippen LogP contribution in [-0.4, -0.2) is 0 Å². The number of hydrogen-bond donors (Lipinski definition) is 1. The molecule has 0 spiro atoms. The summed E-state index contributed by atoms with van der Waals surface area (Å²) < 4.78 is 0. The molecule has 2 rings (SSSR count). The van der Waals surface area contributed by atoms with Crippen molar-refractivity contribution in [1.82, 2.24) is 0 Å². The van der Waals surface area contributed by atoms with E-state index in [0.29, 0.717) is 10.6 Å². The number of aryl methyl sites for hydroxylation is 2. The van der Waals surface area contributed by atoms with Crippen molar-refractivity contribution in [3.8, 4) is 6.07 Å². The van der Waals surface area contributed by atoms with E-state index in [9.17, 15) is 0 Å². The molecule has 0 heterocycles. The Bertz CT molecular complexity index is 621. The highest BCUT2D eigenvalue weighted by molar-refractivity contribution is 6.31. The fraction of sp³-hybridized carbons (Fsp3) is 0.188. The second kappa shape index (κ2) is 5.77. The minimum Gasteiger partial charge on any atom is -0.381 e. The second-order valence-electron chi connectivity index (χ2n) is 4.53. The lowest BCUT2D eigenvalue weighted by molar-refractivity contribution is 1.09. The van der Waals surface area contributed by atoms with Crippen molar-refractivity contribution < 1.29 is 0 Å². The summed E-state index contributed by atoms with van der Waals surface area (Å²) in [5.74, 6) is 0. The van der Waals surface area contributed by atoms with Crippen LogP contribution in [0.4, 0.5) is 5.69 Å². The van der Waals surface area contributed by atoms with Crippen molar-refractivity contribution in [2.75, 3.05) is 5.32 Å². The Balaban J connectivity index is 2.17. The number of nitrogens with zero attached hydrogens (tertiary/aromatic N) is 1. The molecule has 3 heteroatoms. The molecule has 0 amide bonds. The van der Waals surface area contributed by atoms with Gasteiger partial charge in [-0.3, -0.25) is 0 Å². The number of anilines is 1. The van der Waals surface area contributed by atoms with E-state index in [1.54, 1.807) is 12.1 Å². The molecule has 0 radical (unpaired) electrons. The fourth-order valence-electron chi connectivity index (χ4n) is 2.04. The SMILES string of the molecule is Cc1cccc(C)c1CNc1ccc(Cl)c(C#N)c1. The summed E-state index contributed by atoms with van der Waals surface area (Å²) in [6.07, 6.45) is 0. The number of halogens is 1. The van der Waals surface area contributed by atoms with Crippen molar-refractivity contribution in [3.63, 3.8) is 0 Å². The number of nitrogens with one attached hydrogen (secondary N) is 1. The van der Waals surface area contributed by atoms with Crippen molar-refractivity contribution in [1.29, 1.82) is 5.26 Å². The molecule has 0 saturated carbocycles. The highest BCUT2D eigenvalue weighted by Crippen LogP contribution is 2.21. The van der Waals surface area contributed by atoms with Gasteiger partial charge >= 0.3 is 0 Å².